The number of carbonyl (C=O) groups excluding carboxylic acids is 2. The topological polar surface area (TPSA) is 74.6 Å². The van der Waals surface area contributed by atoms with Gasteiger partial charge in [0, 0.05) is 6.54 Å². The first-order valence-electron chi connectivity index (χ1n) is 7.83. The molecule has 1 aromatic carbocycles. The molecule has 2 amide bonds. The summed E-state index contributed by atoms with van der Waals surface area (Å²) >= 11 is 0. The van der Waals surface area contributed by atoms with Crippen LogP contribution < -0.4 is 10.6 Å². The van der Waals surface area contributed by atoms with E-state index in [1.54, 1.807) is 6.26 Å². The maximum absolute atomic E-state index is 11.9. The molecule has 2 rings (SSSR count). The fourth-order valence-electron chi connectivity index (χ4n) is 2.31. The largest absolute Gasteiger partial charge is 0.468 e. The highest BCUT2D eigenvalue weighted by molar-refractivity contribution is 5.85. The number of nitrogens with zero attached hydrogens (tertiary/aromatic N) is 1. The lowest BCUT2D eigenvalue weighted by Gasteiger charge is -2.22. The van der Waals surface area contributed by atoms with Crippen molar-refractivity contribution < 1.29 is 14.0 Å². The molecule has 1 aromatic heterocycles. The lowest BCUT2D eigenvalue weighted by atomic mass is 10.1. The molecule has 0 aliphatic carbocycles. The fraction of sp³-hybridized carbons (Fsp3) is 0.333. The third kappa shape index (κ3) is 5.55. The van der Waals surface area contributed by atoms with Gasteiger partial charge in [-0.3, -0.25) is 14.5 Å². The molecule has 1 heterocycles. The Kier molecular flexibility index (Phi) is 6.57. The number of furan rings is 1. The van der Waals surface area contributed by atoms with Crippen molar-refractivity contribution in [1.82, 2.24) is 15.5 Å². The maximum Gasteiger partial charge on any atom is 0.239 e. The first-order chi connectivity index (χ1) is 11.6. The molecule has 24 heavy (non-hydrogen) atoms. The van der Waals surface area contributed by atoms with E-state index in [1.165, 1.54) is 0 Å². The van der Waals surface area contributed by atoms with Gasteiger partial charge in [0.15, 0.2) is 0 Å². The minimum Gasteiger partial charge on any atom is -0.468 e. The number of hydrogen-bond donors (Lipinski definition) is 2. The van der Waals surface area contributed by atoms with Crippen molar-refractivity contribution in [3.63, 3.8) is 0 Å². The zero-order valence-electron chi connectivity index (χ0n) is 14.0. The van der Waals surface area contributed by atoms with Crippen molar-refractivity contribution in [3.8, 4) is 0 Å². The molecule has 0 saturated heterocycles. The summed E-state index contributed by atoms with van der Waals surface area (Å²) in [5, 5.41) is 5.45. The molecular formula is C18H23N3O3. The van der Waals surface area contributed by atoms with Gasteiger partial charge < -0.3 is 15.1 Å². The molecule has 0 aliphatic rings. The number of likely N-dealkylation sites (N-methyl/N-ethyl adjacent to an activating group) is 1. The third-order valence-corrected chi connectivity index (χ3v) is 3.64. The van der Waals surface area contributed by atoms with E-state index < -0.39 is 0 Å². The van der Waals surface area contributed by atoms with Gasteiger partial charge in [-0.25, -0.2) is 0 Å². The molecule has 2 N–H and O–H groups in total. The van der Waals surface area contributed by atoms with E-state index in [0.717, 1.165) is 11.3 Å². The number of amides is 2. The van der Waals surface area contributed by atoms with E-state index in [0.29, 0.717) is 6.54 Å². The number of hydrogen-bond acceptors (Lipinski definition) is 4. The first kappa shape index (κ1) is 17.7. The number of nitrogens with one attached hydrogen (secondary N) is 2. The molecular weight excluding hydrogens is 306 g/mol. The van der Waals surface area contributed by atoms with Gasteiger partial charge in [0.25, 0.3) is 0 Å². The van der Waals surface area contributed by atoms with E-state index in [2.05, 4.69) is 10.6 Å². The maximum atomic E-state index is 11.9. The van der Waals surface area contributed by atoms with Gasteiger partial charge >= 0.3 is 0 Å². The van der Waals surface area contributed by atoms with Crippen LogP contribution in [0.25, 0.3) is 0 Å². The third-order valence-electron chi connectivity index (χ3n) is 3.64. The molecule has 1 atom stereocenters. The SMILES string of the molecule is CN(C)C(CNC(=O)CNC(=O)Cc1ccccc1)c1ccco1. The van der Waals surface area contributed by atoms with Gasteiger partial charge in [-0.05, 0) is 31.8 Å². The number of carbonyl (C=O) groups is 2. The molecule has 0 radical (unpaired) electrons. The Morgan fingerprint density at radius 2 is 1.79 bits per heavy atom. The molecule has 6 heteroatoms. The second-order valence-electron chi connectivity index (χ2n) is 5.74. The van der Waals surface area contributed by atoms with Crippen LogP contribution in [0.15, 0.2) is 53.1 Å². The summed E-state index contributed by atoms with van der Waals surface area (Å²) < 4.78 is 5.39. The predicted octanol–water partition coefficient (Wildman–Crippen LogP) is 1.36. The lowest BCUT2D eigenvalue weighted by Crippen LogP contribution is -2.40. The molecule has 6 nitrogen and oxygen atoms in total. The van der Waals surface area contributed by atoms with Crippen LogP contribution in [0.2, 0.25) is 0 Å². The van der Waals surface area contributed by atoms with Crippen molar-refractivity contribution in [1.29, 1.82) is 0 Å². The number of benzene rings is 1. The minimum absolute atomic E-state index is 0.0377. The average Bonchev–Trinajstić information content (AvgIpc) is 3.08. The molecule has 0 aliphatic heterocycles. The molecule has 2 aromatic rings. The van der Waals surface area contributed by atoms with Crippen LogP contribution in [0.1, 0.15) is 17.4 Å². The van der Waals surface area contributed by atoms with Crippen molar-refractivity contribution >= 4 is 11.8 Å². The van der Waals surface area contributed by atoms with Crippen LogP contribution >= 0.6 is 0 Å². The molecule has 0 spiro atoms. The summed E-state index contributed by atoms with van der Waals surface area (Å²) in [4.78, 5) is 25.7. The highest BCUT2D eigenvalue weighted by Gasteiger charge is 2.17. The predicted molar refractivity (Wildman–Crippen MR) is 91.3 cm³/mol. The van der Waals surface area contributed by atoms with Crippen LogP contribution in [0.3, 0.4) is 0 Å². The van der Waals surface area contributed by atoms with Gasteiger partial charge in [-0.2, -0.15) is 0 Å². The Balaban J connectivity index is 1.73. The standard InChI is InChI=1S/C18H23N3O3/c1-21(2)15(16-9-6-10-24-16)12-19-18(23)13-20-17(22)11-14-7-4-3-5-8-14/h3-10,15H,11-13H2,1-2H3,(H,19,23)(H,20,22). The Hall–Kier alpha value is -2.60. The molecule has 0 saturated carbocycles. The summed E-state index contributed by atoms with van der Waals surface area (Å²) in [6, 6.07) is 13.1. The molecule has 0 bridgehead atoms. The van der Waals surface area contributed by atoms with E-state index in [9.17, 15) is 9.59 Å². The monoisotopic (exact) mass is 329 g/mol. The Bertz CT molecular complexity index is 639. The minimum atomic E-state index is -0.227. The fourth-order valence-corrected chi connectivity index (χ4v) is 2.31. The zero-order chi connectivity index (χ0) is 17.4. The van der Waals surface area contributed by atoms with Gasteiger partial charge in [-0.15, -0.1) is 0 Å². The molecule has 128 valence electrons. The van der Waals surface area contributed by atoms with Crippen molar-refractivity contribution in [3.05, 3.63) is 60.1 Å². The van der Waals surface area contributed by atoms with E-state index in [4.69, 9.17) is 4.42 Å². The highest BCUT2D eigenvalue weighted by atomic mass is 16.3. The average molecular weight is 329 g/mol. The van der Waals surface area contributed by atoms with E-state index >= 15 is 0 Å². The van der Waals surface area contributed by atoms with E-state index in [-0.39, 0.29) is 30.8 Å². The van der Waals surface area contributed by atoms with Crippen molar-refractivity contribution in [2.75, 3.05) is 27.2 Å². The van der Waals surface area contributed by atoms with Gasteiger partial charge in [0.2, 0.25) is 11.8 Å². The lowest BCUT2D eigenvalue weighted by molar-refractivity contribution is -0.125. The summed E-state index contributed by atoms with van der Waals surface area (Å²) in [6.45, 7) is 0.373. The van der Waals surface area contributed by atoms with Crippen LogP contribution in [0, 0.1) is 0 Å². The van der Waals surface area contributed by atoms with Crippen molar-refractivity contribution in [2.45, 2.75) is 12.5 Å². The highest BCUT2D eigenvalue weighted by Crippen LogP contribution is 2.17. The quantitative estimate of drug-likeness (QED) is 0.767. The summed E-state index contributed by atoms with van der Waals surface area (Å²) in [5.41, 5.74) is 0.917. The Morgan fingerprint density at radius 1 is 1.04 bits per heavy atom. The van der Waals surface area contributed by atoms with E-state index in [1.807, 2.05) is 61.5 Å². The van der Waals surface area contributed by atoms with Crippen LogP contribution in [-0.4, -0.2) is 43.9 Å². The van der Waals surface area contributed by atoms with Gasteiger partial charge in [0.05, 0.1) is 25.3 Å². The Morgan fingerprint density at radius 3 is 2.42 bits per heavy atom. The molecule has 1 unspecified atom stereocenters. The second-order valence-corrected chi connectivity index (χ2v) is 5.74. The zero-order valence-corrected chi connectivity index (χ0v) is 14.0. The second kappa shape index (κ2) is 8.88. The summed E-state index contributed by atoms with van der Waals surface area (Å²) in [6.07, 6.45) is 1.87. The van der Waals surface area contributed by atoms with Crippen LogP contribution in [0.4, 0.5) is 0 Å². The number of rotatable bonds is 8. The summed E-state index contributed by atoms with van der Waals surface area (Å²) in [5.74, 6) is 0.384. The Labute approximate surface area is 141 Å². The van der Waals surface area contributed by atoms with Crippen molar-refractivity contribution in [2.24, 2.45) is 0 Å². The van der Waals surface area contributed by atoms with Gasteiger partial charge in [-0.1, -0.05) is 30.3 Å². The summed E-state index contributed by atoms with van der Waals surface area (Å²) in [7, 11) is 3.84. The van der Waals surface area contributed by atoms with Gasteiger partial charge in [0.1, 0.15) is 5.76 Å². The normalized spacial score (nSPS) is 12.0. The van der Waals surface area contributed by atoms with Crippen LogP contribution in [-0.2, 0) is 16.0 Å². The smallest absolute Gasteiger partial charge is 0.239 e. The van der Waals surface area contributed by atoms with Crippen LogP contribution in [0.5, 0.6) is 0 Å². The molecule has 0 fully saturated rings. The first-order valence-corrected chi connectivity index (χ1v) is 7.83.